The van der Waals surface area contributed by atoms with Gasteiger partial charge in [0.15, 0.2) is 0 Å². The van der Waals surface area contributed by atoms with Crippen LogP contribution in [0.2, 0.25) is 13.1 Å². The van der Waals surface area contributed by atoms with Crippen LogP contribution in [0, 0.1) is 0 Å². The third-order valence-electron chi connectivity index (χ3n) is 4.35. The first kappa shape index (κ1) is 15.0. The lowest BCUT2D eigenvalue weighted by molar-refractivity contribution is 1.45. The van der Waals surface area contributed by atoms with Gasteiger partial charge in [-0.3, -0.25) is 0 Å². The van der Waals surface area contributed by atoms with E-state index in [0.29, 0.717) is 0 Å². The topological polar surface area (TPSA) is 52.0 Å². The number of hydrogen-bond acceptors (Lipinski definition) is 2. The Morgan fingerprint density at radius 1 is 0.750 bits per heavy atom. The van der Waals surface area contributed by atoms with Crippen molar-refractivity contribution in [2.24, 2.45) is 0 Å². The second-order valence-corrected chi connectivity index (χ2v) is 18.9. The molecular weight excluding hydrogens is 280 g/mol. The van der Waals surface area contributed by atoms with Crippen LogP contribution in [0.5, 0.6) is 0 Å². The Morgan fingerprint density at radius 3 is 1.60 bits per heavy atom. The van der Waals surface area contributed by atoms with E-state index in [-0.39, 0.29) is 0 Å². The summed E-state index contributed by atoms with van der Waals surface area (Å²) in [4.78, 5) is 1.43. The van der Waals surface area contributed by atoms with Gasteiger partial charge in [-0.25, -0.2) is 9.48 Å². The number of benzene rings is 2. The van der Waals surface area contributed by atoms with E-state index >= 15 is 0 Å². The van der Waals surface area contributed by atoms with Crippen LogP contribution >= 0.6 is 9.48 Å². The summed E-state index contributed by atoms with van der Waals surface area (Å²) < 4.78 is 0. The second-order valence-electron chi connectivity index (χ2n) is 6.03. The van der Waals surface area contributed by atoms with Crippen LogP contribution in [0.3, 0.4) is 0 Å². The number of hydrogen-bond donors (Lipinski definition) is 2. The molecule has 0 atom stereocenters. The predicted octanol–water partition coefficient (Wildman–Crippen LogP) is 3.39. The first-order valence-electron chi connectivity index (χ1n) is 6.69. The molecule has 0 aliphatic heterocycles. The molecule has 2 nitrogen and oxygen atoms in total. The van der Waals surface area contributed by atoms with Crippen molar-refractivity contribution in [1.29, 1.82) is 0 Å². The summed E-state index contributed by atoms with van der Waals surface area (Å²) in [5, 5.41) is 1.46. The lowest BCUT2D eigenvalue weighted by Crippen LogP contribution is -2.46. The van der Waals surface area contributed by atoms with Crippen LogP contribution in [-0.2, 0) is 0 Å². The van der Waals surface area contributed by atoms with Crippen LogP contribution in [0.15, 0.2) is 53.4 Å². The molecule has 0 unspecified atom stereocenters. The summed E-state index contributed by atoms with van der Waals surface area (Å²) >= 11 is 0. The van der Waals surface area contributed by atoms with Crippen LogP contribution in [0.25, 0.3) is 0 Å². The molecule has 2 aromatic carbocycles. The minimum absolute atomic E-state index is 0.830. The van der Waals surface area contributed by atoms with Gasteiger partial charge in [0.1, 0.15) is 7.22 Å². The molecule has 0 aliphatic carbocycles. The van der Waals surface area contributed by atoms with Crippen molar-refractivity contribution in [1.82, 2.24) is 0 Å². The van der Waals surface area contributed by atoms with Gasteiger partial charge in [0.05, 0.1) is 0 Å². The monoisotopic (exact) mass is 304 g/mol. The third-order valence-corrected chi connectivity index (χ3v) is 19.1. The van der Waals surface area contributed by atoms with E-state index in [9.17, 15) is 0 Å². The standard InChI is InChI=1S/C16H24N2SSi/c1-19(2,15-9-5-13(17)6-10-15)20(3,4)16-11-7-14(18)8-12-16/h5-12H,17-18H2,1-4H3. The first-order chi connectivity index (χ1) is 9.25. The van der Waals surface area contributed by atoms with E-state index in [0.717, 1.165) is 11.4 Å². The van der Waals surface area contributed by atoms with Crippen LogP contribution < -0.4 is 16.7 Å². The van der Waals surface area contributed by atoms with Gasteiger partial charge in [-0.1, -0.05) is 25.2 Å². The SMILES string of the molecule is C[Si](C)(c1ccc(N)cc1)S(C)(C)c1ccc(N)cc1. The molecular formula is C16H24N2SSi. The van der Waals surface area contributed by atoms with Gasteiger partial charge < -0.3 is 11.5 Å². The minimum atomic E-state index is -1.60. The Hall–Kier alpha value is -1.39. The lowest BCUT2D eigenvalue weighted by Gasteiger charge is -2.46. The molecule has 4 heteroatoms. The van der Waals surface area contributed by atoms with E-state index in [1.54, 1.807) is 0 Å². The highest BCUT2D eigenvalue weighted by atomic mass is 32.5. The molecule has 0 bridgehead atoms. The Bertz CT molecular complexity index is 533. The largest absolute Gasteiger partial charge is 0.399 e. The predicted molar refractivity (Wildman–Crippen MR) is 96.5 cm³/mol. The molecule has 2 aromatic rings. The van der Waals surface area contributed by atoms with Gasteiger partial charge >= 0.3 is 0 Å². The Labute approximate surface area is 124 Å². The molecule has 0 fully saturated rings. The highest BCUT2D eigenvalue weighted by molar-refractivity contribution is 8.56. The van der Waals surface area contributed by atoms with Crippen molar-refractivity contribution in [2.75, 3.05) is 24.0 Å². The van der Waals surface area contributed by atoms with Gasteiger partial charge in [-0.05, 0) is 59.0 Å². The van der Waals surface area contributed by atoms with Crippen LogP contribution in [-0.4, -0.2) is 19.7 Å². The third kappa shape index (κ3) is 2.58. The quantitative estimate of drug-likeness (QED) is 0.674. The summed E-state index contributed by atoms with van der Waals surface area (Å²) in [6, 6.07) is 16.8. The zero-order valence-electron chi connectivity index (χ0n) is 12.7. The fourth-order valence-electron chi connectivity index (χ4n) is 2.28. The highest BCUT2D eigenvalue weighted by Crippen LogP contribution is 2.56. The first-order valence-corrected chi connectivity index (χ1v) is 12.9. The molecule has 0 aromatic heterocycles. The number of rotatable bonds is 3. The molecule has 0 heterocycles. The van der Waals surface area contributed by atoms with Gasteiger partial charge in [0.25, 0.3) is 0 Å². The molecule has 0 spiro atoms. The van der Waals surface area contributed by atoms with E-state index < -0.39 is 16.7 Å². The Morgan fingerprint density at radius 2 is 1.15 bits per heavy atom. The summed E-state index contributed by atoms with van der Waals surface area (Å²) in [5.41, 5.74) is 13.3. The zero-order chi connectivity index (χ0) is 15.0. The van der Waals surface area contributed by atoms with Crippen LogP contribution in [0.1, 0.15) is 0 Å². The molecule has 0 saturated carbocycles. The maximum atomic E-state index is 5.82. The second kappa shape index (κ2) is 5.18. The van der Waals surface area contributed by atoms with Gasteiger partial charge in [-0.2, -0.15) is 0 Å². The Balaban J connectivity index is 2.45. The zero-order valence-corrected chi connectivity index (χ0v) is 14.5. The average Bonchev–Trinajstić information content (AvgIpc) is 2.39. The summed E-state index contributed by atoms with van der Waals surface area (Å²) in [7, 11) is -2.48. The maximum absolute atomic E-state index is 5.82. The van der Waals surface area contributed by atoms with E-state index in [4.69, 9.17) is 11.5 Å². The molecule has 108 valence electrons. The van der Waals surface area contributed by atoms with Crippen molar-refractivity contribution < 1.29 is 0 Å². The fraction of sp³-hybridized carbons (Fsp3) is 0.250. The molecule has 0 amide bonds. The van der Waals surface area contributed by atoms with Crippen LogP contribution in [0.4, 0.5) is 11.4 Å². The van der Waals surface area contributed by atoms with Gasteiger partial charge in [-0.15, -0.1) is 0 Å². The van der Waals surface area contributed by atoms with E-state index in [1.807, 2.05) is 24.3 Å². The van der Waals surface area contributed by atoms with Crippen molar-refractivity contribution in [2.45, 2.75) is 18.0 Å². The normalized spacial score (nSPS) is 13.2. The number of anilines is 2. The Kier molecular flexibility index (Phi) is 3.89. The molecule has 20 heavy (non-hydrogen) atoms. The fourth-order valence-corrected chi connectivity index (χ4v) is 9.60. The number of nitrogens with two attached hydrogens (primary N) is 2. The van der Waals surface area contributed by atoms with Gasteiger partial charge in [0.2, 0.25) is 0 Å². The van der Waals surface area contributed by atoms with Gasteiger partial charge in [0, 0.05) is 11.4 Å². The summed E-state index contributed by atoms with van der Waals surface area (Å²) in [5.74, 6) is 0. The van der Waals surface area contributed by atoms with Crippen molar-refractivity contribution in [3.63, 3.8) is 0 Å². The van der Waals surface area contributed by atoms with E-state index in [2.05, 4.69) is 49.9 Å². The van der Waals surface area contributed by atoms with E-state index in [1.165, 1.54) is 10.1 Å². The smallest absolute Gasteiger partial charge is 0.128 e. The molecule has 4 N–H and O–H groups in total. The van der Waals surface area contributed by atoms with Crippen molar-refractivity contribution >= 4 is 33.3 Å². The molecule has 0 aliphatic rings. The summed E-state index contributed by atoms with van der Waals surface area (Å²) in [6.45, 7) is 4.90. The molecule has 0 saturated heterocycles. The summed E-state index contributed by atoms with van der Waals surface area (Å²) in [6.07, 6.45) is 4.84. The maximum Gasteiger partial charge on any atom is 0.128 e. The minimum Gasteiger partial charge on any atom is -0.399 e. The highest BCUT2D eigenvalue weighted by Gasteiger charge is 2.37. The molecule has 0 radical (unpaired) electrons. The lowest BCUT2D eigenvalue weighted by atomic mass is 10.3. The van der Waals surface area contributed by atoms with Crippen molar-refractivity contribution in [3.8, 4) is 0 Å². The average molecular weight is 305 g/mol. The number of nitrogen functional groups attached to an aromatic ring is 2. The molecule has 2 rings (SSSR count). The van der Waals surface area contributed by atoms with Crippen molar-refractivity contribution in [3.05, 3.63) is 48.5 Å².